The summed E-state index contributed by atoms with van der Waals surface area (Å²) in [5.74, 6) is 1.57. The third-order valence-corrected chi connectivity index (χ3v) is 4.46. The molecule has 1 aromatic rings. The van der Waals surface area contributed by atoms with Crippen molar-refractivity contribution in [2.75, 3.05) is 47.1 Å². The van der Waals surface area contributed by atoms with Crippen molar-refractivity contribution in [2.45, 2.75) is 13.0 Å². The van der Waals surface area contributed by atoms with Gasteiger partial charge in [-0.05, 0) is 17.9 Å². The standard InChI is InChI=1S/C15H25N3O2S.HI/c1-16-15(17-10-14-4-3-9-21-14)18-6-5-13(11-18)12-20-8-7-19-2;/h3-4,9,13H,5-8,10-12H2,1-2H3,(H,16,17);1H. The minimum atomic E-state index is 0. The molecule has 1 aliphatic heterocycles. The van der Waals surface area contributed by atoms with Crippen molar-refractivity contribution in [3.05, 3.63) is 22.4 Å². The molecule has 2 heterocycles. The molecule has 1 aliphatic rings. The van der Waals surface area contributed by atoms with Crippen LogP contribution in [0.2, 0.25) is 0 Å². The molecule has 1 N–H and O–H groups in total. The second-order valence-corrected chi connectivity index (χ2v) is 6.18. The summed E-state index contributed by atoms with van der Waals surface area (Å²) < 4.78 is 10.6. The Morgan fingerprint density at radius 1 is 1.50 bits per heavy atom. The maximum atomic E-state index is 5.63. The topological polar surface area (TPSA) is 46.1 Å². The van der Waals surface area contributed by atoms with E-state index in [0.29, 0.717) is 19.1 Å². The molecule has 0 amide bonds. The Morgan fingerprint density at radius 3 is 3.05 bits per heavy atom. The fourth-order valence-electron chi connectivity index (χ4n) is 2.46. The van der Waals surface area contributed by atoms with Gasteiger partial charge in [-0.2, -0.15) is 0 Å². The lowest BCUT2D eigenvalue weighted by Gasteiger charge is -2.21. The lowest BCUT2D eigenvalue weighted by molar-refractivity contribution is 0.0536. The van der Waals surface area contributed by atoms with E-state index in [1.165, 1.54) is 4.88 Å². The molecule has 0 radical (unpaired) electrons. The molecule has 0 saturated carbocycles. The van der Waals surface area contributed by atoms with E-state index in [4.69, 9.17) is 9.47 Å². The van der Waals surface area contributed by atoms with E-state index in [0.717, 1.165) is 38.6 Å². The fourth-order valence-corrected chi connectivity index (χ4v) is 3.11. The summed E-state index contributed by atoms with van der Waals surface area (Å²) in [6, 6.07) is 4.22. The molecule has 2 rings (SSSR count). The fraction of sp³-hybridized carbons (Fsp3) is 0.667. The molecule has 1 atom stereocenters. The first-order valence-corrected chi connectivity index (χ1v) is 8.26. The Hall–Kier alpha value is -0.380. The first-order valence-electron chi connectivity index (χ1n) is 7.38. The smallest absolute Gasteiger partial charge is 0.193 e. The largest absolute Gasteiger partial charge is 0.382 e. The van der Waals surface area contributed by atoms with Gasteiger partial charge in [0, 0.05) is 38.0 Å². The van der Waals surface area contributed by atoms with Gasteiger partial charge in [0.1, 0.15) is 0 Å². The second kappa shape index (κ2) is 11.2. The van der Waals surface area contributed by atoms with E-state index < -0.39 is 0 Å². The highest BCUT2D eigenvalue weighted by molar-refractivity contribution is 14.0. The number of hydrogen-bond donors (Lipinski definition) is 1. The summed E-state index contributed by atoms with van der Waals surface area (Å²) in [5, 5.41) is 5.54. The summed E-state index contributed by atoms with van der Waals surface area (Å²) in [7, 11) is 3.54. The van der Waals surface area contributed by atoms with Gasteiger partial charge < -0.3 is 19.7 Å². The Kier molecular flexibility index (Phi) is 10.0. The summed E-state index contributed by atoms with van der Waals surface area (Å²) in [6.45, 7) is 5.05. The maximum absolute atomic E-state index is 5.63. The van der Waals surface area contributed by atoms with Crippen LogP contribution in [-0.2, 0) is 16.0 Å². The summed E-state index contributed by atoms with van der Waals surface area (Å²) in [5.41, 5.74) is 0. The zero-order valence-corrected chi connectivity index (χ0v) is 16.4. The molecular weight excluding hydrogens is 413 g/mol. The molecule has 22 heavy (non-hydrogen) atoms. The number of aliphatic imine (C=N–C) groups is 1. The van der Waals surface area contributed by atoms with Crippen molar-refractivity contribution in [3.63, 3.8) is 0 Å². The second-order valence-electron chi connectivity index (χ2n) is 5.15. The van der Waals surface area contributed by atoms with Crippen LogP contribution < -0.4 is 5.32 Å². The molecule has 1 aromatic heterocycles. The Bertz CT molecular complexity index is 428. The van der Waals surface area contributed by atoms with E-state index in [1.807, 2.05) is 7.05 Å². The normalized spacial score (nSPS) is 18.4. The quantitative estimate of drug-likeness (QED) is 0.307. The van der Waals surface area contributed by atoms with Crippen molar-refractivity contribution in [2.24, 2.45) is 10.9 Å². The number of nitrogens with zero attached hydrogens (tertiary/aromatic N) is 2. The minimum absolute atomic E-state index is 0. The highest BCUT2D eigenvalue weighted by Gasteiger charge is 2.24. The van der Waals surface area contributed by atoms with Gasteiger partial charge in [0.05, 0.1) is 26.4 Å². The number of nitrogens with one attached hydrogen (secondary N) is 1. The van der Waals surface area contributed by atoms with Crippen LogP contribution >= 0.6 is 35.3 Å². The number of likely N-dealkylation sites (tertiary alicyclic amines) is 1. The van der Waals surface area contributed by atoms with Crippen LogP contribution in [0.3, 0.4) is 0 Å². The lowest BCUT2D eigenvalue weighted by atomic mass is 10.1. The van der Waals surface area contributed by atoms with Crippen LogP contribution in [0.1, 0.15) is 11.3 Å². The van der Waals surface area contributed by atoms with E-state index in [2.05, 4.69) is 32.7 Å². The summed E-state index contributed by atoms with van der Waals surface area (Å²) in [4.78, 5) is 8.03. The molecule has 0 aromatic carbocycles. The first-order chi connectivity index (χ1) is 10.3. The minimum Gasteiger partial charge on any atom is -0.382 e. The molecule has 0 spiro atoms. The number of hydrogen-bond acceptors (Lipinski definition) is 4. The summed E-state index contributed by atoms with van der Waals surface area (Å²) >= 11 is 1.77. The van der Waals surface area contributed by atoms with Crippen LogP contribution in [0.15, 0.2) is 22.5 Å². The van der Waals surface area contributed by atoms with E-state index in [9.17, 15) is 0 Å². The number of ether oxygens (including phenoxy) is 2. The van der Waals surface area contributed by atoms with E-state index in [-0.39, 0.29) is 24.0 Å². The van der Waals surface area contributed by atoms with Gasteiger partial charge in [0.2, 0.25) is 0 Å². The van der Waals surface area contributed by atoms with Gasteiger partial charge in [-0.25, -0.2) is 0 Å². The first kappa shape index (κ1) is 19.7. The predicted octanol–water partition coefficient (Wildman–Crippen LogP) is 2.43. The van der Waals surface area contributed by atoms with Crippen molar-refractivity contribution in [1.82, 2.24) is 10.2 Å². The van der Waals surface area contributed by atoms with Crippen LogP contribution in [0.4, 0.5) is 0 Å². The average molecular weight is 439 g/mol. The van der Waals surface area contributed by atoms with Gasteiger partial charge in [0.15, 0.2) is 5.96 Å². The third-order valence-electron chi connectivity index (χ3n) is 3.58. The van der Waals surface area contributed by atoms with E-state index in [1.54, 1.807) is 18.4 Å². The number of rotatable bonds is 7. The SMILES string of the molecule is CN=C(NCc1cccs1)N1CCC(COCCOC)C1.I. The molecule has 1 saturated heterocycles. The monoisotopic (exact) mass is 439 g/mol. The maximum Gasteiger partial charge on any atom is 0.193 e. The molecular formula is C15H26IN3O2S. The predicted molar refractivity (Wildman–Crippen MR) is 102 cm³/mol. The van der Waals surface area contributed by atoms with E-state index >= 15 is 0 Å². The number of methoxy groups -OCH3 is 1. The highest BCUT2D eigenvalue weighted by Crippen LogP contribution is 2.17. The zero-order valence-electron chi connectivity index (χ0n) is 13.3. The zero-order chi connectivity index (χ0) is 14.9. The summed E-state index contributed by atoms with van der Waals surface area (Å²) in [6.07, 6.45) is 1.16. The van der Waals surface area contributed by atoms with Gasteiger partial charge in [-0.1, -0.05) is 6.07 Å². The van der Waals surface area contributed by atoms with Gasteiger partial charge in [-0.3, -0.25) is 4.99 Å². The van der Waals surface area contributed by atoms with Crippen molar-refractivity contribution in [1.29, 1.82) is 0 Å². The van der Waals surface area contributed by atoms with Crippen molar-refractivity contribution < 1.29 is 9.47 Å². The lowest BCUT2D eigenvalue weighted by Crippen LogP contribution is -2.39. The molecule has 126 valence electrons. The van der Waals surface area contributed by atoms with Gasteiger partial charge >= 0.3 is 0 Å². The Balaban J connectivity index is 0.00000242. The molecule has 0 aliphatic carbocycles. The van der Waals surface area contributed by atoms with Crippen LogP contribution in [0.25, 0.3) is 0 Å². The van der Waals surface area contributed by atoms with Crippen molar-refractivity contribution in [3.8, 4) is 0 Å². The van der Waals surface area contributed by atoms with Crippen molar-refractivity contribution >= 4 is 41.3 Å². The number of halogens is 1. The van der Waals surface area contributed by atoms with Gasteiger partial charge in [-0.15, -0.1) is 35.3 Å². The molecule has 7 heteroatoms. The molecule has 0 bridgehead atoms. The Labute approximate surface area is 154 Å². The molecule has 1 unspecified atom stereocenters. The average Bonchev–Trinajstić information content (AvgIpc) is 3.16. The number of guanidine groups is 1. The van der Waals surface area contributed by atoms with Crippen LogP contribution in [-0.4, -0.2) is 57.9 Å². The molecule has 5 nitrogen and oxygen atoms in total. The number of thiophene rings is 1. The third kappa shape index (κ3) is 6.39. The Morgan fingerprint density at radius 2 is 2.36 bits per heavy atom. The van der Waals surface area contributed by atoms with Crippen LogP contribution in [0, 0.1) is 5.92 Å². The molecule has 1 fully saturated rings. The van der Waals surface area contributed by atoms with Crippen LogP contribution in [0.5, 0.6) is 0 Å². The van der Waals surface area contributed by atoms with Gasteiger partial charge in [0.25, 0.3) is 0 Å². The highest BCUT2D eigenvalue weighted by atomic mass is 127.